The number of carbonyl (C=O) groups excluding carboxylic acids is 1. The van der Waals surface area contributed by atoms with Crippen molar-refractivity contribution >= 4 is 11.6 Å². The minimum Gasteiger partial charge on any atom is -0.356 e. The first-order valence-electron chi connectivity index (χ1n) is 6.93. The molecule has 2 rings (SSSR count). The van der Waals surface area contributed by atoms with Crippen molar-refractivity contribution in [1.29, 1.82) is 5.26 Å². The highest BCUT2D eigenvalue weighted by molar-refractivity contribution is 5.86. The topological polar surface area (TPSA) is 68.2 Å². The normalized spacial score (nSPS) is 18.4. The van der Waals surface area contributed by atoms with Gasteiger partial charge in [-0.1, -0.05) is 12.1 Å². The summed E-state index contributed by atoms with van der Waals surface area (Å²) in [5, 5.41) is 15.4. The minimum absolute atomic E-state index is 0.00634. The van der Waals surface area contributed by atoms with Gasteiger partial charge in [0.15, 0.2) is 0 Å². The molecule has 0 spiro atoms. The lowest BCUT2D eigenvalue weighted by molar-refractivity contribution is -0.122. The highest BCUT2D eigenvalue weighted by Gasteiger charge is 2.30. The van der Waals surface area contributed by atoms with Crippen LogP contribution in [0.4, 0.5) is 5.69 Å². The van der Waals surface area contributed by atoms with Crippen molar-refractivity contribution in [1.82, 2.24) is 10.6 Å². The summed E-state index contributed by atoms with van der Waals surface area (Å²) in [6, 6.07) is 7.62. The first kappa shape index (κ1) is 14.4. The van der Waals surface area contributed by atoms with Gasteiger partial charge in [0.1, 0.15) is 12.1 Å². The summed E-state index contributed by atoms with van der Waals surface area (Å²) in [6.45, 7) is 6.64. The van der Waals surface area contributed by atoms with Gasteiger partial charge in [-0.05, 0) is 25.5 Å². The van der Waals surface area contributed by atoms with E-state index in [1.54, 1.807) is 6.07 Å². The van der Waals surface area contributed by atoms with E-state index in [4.69, 9.17) is 0 Å². The van der Waals surface area contributed by atoms with Crippen molar-refractivity contribution < 1.29 is 4.79 Å². The van der Waals surface area contributed by atoms with Gasteiger partial charge in [-0.25, -0.2) is 0 Å². The molecule has 1 unspecified atom stereocenters. The minimum atomic E-state index is -0.267. The molecule has 1 atom stereocenters. The van der Waals surface area contributed by atoms with Gasteiger partial charge < -0.3 is 15.5 Å². The maximum Gasteiger partial charge on any atom is 0.244 e. The van der Waals surface area contributed by atoms with Crippen LogP contribution in [0, 0.1) is 18.3 Å². The Labute approximate surface area is 119 Å². The van der Waals surface area contributed by atoms with Crippen LogP contribution in [0.1, 0.15) is 18.1 Å². The second-order valence-electron chi connectivity index (χ2n) is 4.89. The lowest BCUT2D eigenvalue weighted by Crippen LogP contribution is -2.58. The van der Waals surface area contributed by atoms with Gasteiger partial charge in [-0.15, -0.1) is 0 Å². The van der Waals surface area contributed by atoms with E-state index in [1.165, 1.54) is 0 Å². The van der Waals surface area contributed by atoms with E-state index in [2.05, 4.69) is 21.6 Å². The van der Waals surface area contributed by atoms with E-state index >= 15 is 0 Å². The second-order valence-corrected chi connectivity index (χ2v) is 4.89. The van der Waals surface area contributed by atoms with Crippen LogP contribution in [0.2, 0.25) is 0 Å². The molecule has 1 heterocycles. The third kappa shape index (κ3) is 2.75. The largest absolute Gasteiger partial charge is 0.356 e. The number of likely N-dealkylation sites (N-methyl/N-ethyl adjacent to an activating group) is 1. The molecule has 2 N–H and O–H groups in total. The Morgan fingerprint density at radius 2 is 2.40 bits per heavy atom. The molecule has 0 radical (unpaired) electrons. The third-order valence-electron chi connectivity index (χ3n) is 3.54. The number of nitrogens with zero attached hydrogens (tertiary/aromatic N) is 2. The summed E-state index contributed by atoms with van der Waals surface area (Å²) in [4.78, 5) is 14.3. The Balaban J connectivity index is 2.38. The van der Waals surface area contributed by atoms with Crippen molar-refractivity contribution in [3.05, 3.63) is 29.3 Å². The maximum atomic E-state index is 12.2. The molecule has 1 aromatic carbocycles. The van der Waals surface area contributed by atoms with Gasteiger partial charge in [0, 0.05) is 26.2 Å². The van der Waals surface area contributed by atoms with Crippen LogP contribution >= 0.6 is 0 Å². The average molecular weight is 272 g/mol. The molecule has 1 saturated heterocycles. The number of anilines is 1. The summed E-state index contributed by atoms with van der Waals surface area (Å²) < 4.78 is 0. The zero-order valence-corrected chi connectivity index (χ0v) is 11.9. The van der Waals surface area contributed by atoms with Crippen LogP contribution in [0.3, 0.4) is 0 Å². The Bertz CT molecular complexity index is 535. The highest BCUT2D eigenvalue weighted by atomic mass is 16.2. The lowest BCUT2D eigenvalue weighted by Gasteiger charge is -2.38. The Morgan fingerprint density at radius 1 is 1.60 bits per heavy atom. The van der Waals surface area contributed by atoms with Crippen LogP contribution in [-0.2, 0) is 4.79 Å². The first-order chi connectivity index (χ1) is 9.69. The number of benzene rings is 1. The summed E-state index contributed by atoms with van der Waals surface area (Å²) >= 11 is 0. The average Bonchev–Trinajstić information content (AvgIpc) is 2.47. The fourth-order valence-corrected chi connectivity index (χ4v) is 2.63. The molecule has 0 saturated carbocycles. The number of nitriles is 1. The number of nitrogens with one attached hydrogen (secondary N) is 2. The smallest absolute Gasteiger partial charge is 0.244 e. The molecule has 1 aliphatic rings. The fraction of sp³-hybridized carbons (Fsp3) is 0.467. The predicted molar refractivity (Wildman–Crippen MR) is 78.6 cm³/mol. The molecule has 0 aliphatic carbocycles. The van der Waals surface area contributed by atoms with Gasteiger partial charge in [0.05, 0.1) is 11.3 Å². The third-order valence-corrected chi connectivity index (χ3v) is 3.54. The number of aryl methyl sites for hydroxylation is 1. The lowest BCUT2D eigenvalue weighted by atomic mass is 10.0. The summed E-state index contributed by atoms with van der Waals surface area (Å²) in [5.74, 6) is 0.00634. The van der Waals surface area contributed by atoms with Crippen LogP contribution < -0.4 is 15.5 Å². The second kappa shape index (κ2) is 6.40. The Hall–Kier alpha value is -2.06. The number of hydrogen-bond acceptors (Lipinski definition) is 4. The fourth-order valence-electron chi connectivity index (χ4n) is 2.63. The molecule has 1 aliphatic heterocycles. The van der Waals surface area contributed by atoms with Crippen molar-refractivity contribution in [3.63, 3.8) is 0 Å². The number of para-hydroxylation sites is 1. The van der Waals surface area contributed by atoms with E-state index in [9.17, 15) is 10.1 Å². The SMILES string of the molecule is CCNC(=O)C1CNCCN1c1c(C)cccc1C#N. The Kier molecular flexibility index (Phi) is 4.59. The number of piperazine rings is 1. The highest BCUT2D eigenvalue weighted by Crippen LogP contribution is 2.27. The zero-order valence-electron chi connectivity index (χ0n) is 11.9. The molecular weight excluding hydrogens is 252 g/mol. The van der Waals surface area contributed by atoms with Crippen LogP contribution in [0.5, 0.6) is 0 Å². The number of amides is 1. The molecule has 5 nitrogen and oxygen atoms in total. The van der Waals surface area contributed by atoms with Gasteiger partial charge in [-0.2, -0.15) is 5.26 Å². The molecule has 1 amide bonds. The molecule has 106 valence electrons. The number of rotatable bonds is 3. The predicted octanol–water partition coefficient (Wildman–Crippen LogP) is 0.781. The van der Waals surface area contributed by atoms with Crippen molar-refractivity contribution in [2.45, 2.75) is 19.9 Å². The molecule has 0 aromatic heterocycles. The zero-order chi connectivity index (χ0) is 14.5. The van der Waals surface area contributed by atoms with Gasteiger partial charge in [0.2, 0.25) is 5.91 Å². The summed E-state index contributed by atoms with van der Waals surface area (Å²) in [5.41, 5.74) is 2.54. The van der Waals surface area contributed by atoms with Crippen LogP contribution in [-0.4, -0.2) is 38.1 Å². The molecule has 1 fully saturated rings. The van der Waals surface area contributed by atoms with Crippen LogP contribution in [0.25, 0.3) is 0 Å². The van der Waals surface area contributed by atoms with E-state index < -0.39 is 0 Å². The van der Waals surface area contributed by atoms with Crippen molar-refractivity contribution in [3.8, 4) is 6.07 Å². The van der Waals surface area contributed by atoms with E-state index in [1.807, 2.05) is 26.0 Å². The molecule has 1 aromatic rings. The van der Waals surface area contributed by atoms with Crippen molar-refractivity contribution in [2.75, 3.05) is 31.1 Å². The Morgan fingerprint density at radius 3 is 3.10 bits per heavy atom. The van der Waals surface area contributed by atoms with Gasteiger partial charge >= 0.3 is 0 Å². The number of hydrogen-bond donors (Lipinski definition) is 2. The quantitative estimate of drug-likeness (QED) is 0.853. The van der Waals surface area contributed by atoms with E-state index in [-0.39, 0.29) is 11.9 Å². The van der Waals surface area contributed by atoms with Crippen molar-refractivity contribution in [2.24, 2.45) is 0 Å². The number of carbonyl (C=O) groups is 1. The summed E-state index contributed by atoms with van der Waals surface area (Å²) in [6.07, 6.45) is 0. The molecular formula is C15H20N4O. The van der Waals surface area contributed by atoms with Gasteiger partial charge in [-0.3, -0.25) is 4.79 Å². The standard InChI is InChI=1S/C15H20N4O/c1-3-18-15(20)13-10-17-7-8-19(13)14-11(2)5-4-6-12(14)9-16/h4-6,13,17H,3,7-8,10H2,1-2H3,(H,18,20). The summed E-state index contributed by atoms with van der Waals surface area (Å²) in [7, 11) is 0. The molecule has 0 bridgehead atoms. The van der Waals surface area contributed by atoms with Crippen LogP contribution in [0.15, 0.2) is 18.2 Å². The first-order valence-corrected chi connectivity index (χ1v) is 6.93. The van der Waals surface area contributed by atoms with E-state index in [0.717, 1.165) is 24.3 Å². The van der Waals surface area contributed by atoms with Gasteiger partial charge in [0.25, 0.3) is 0 Å². The van der Waals surface area contributed by atoms with E-state index in [0.29, 0.717) is 18.7 Å². The maximum absolute atomic E-state index is 12.2. The molecule has 5 heteroatoms. The monoisotopic (exact) mass is 272 g/mol. The molecule has 20 heavy (non-hydrogen) atoms.